The highest BCUT2D eigenvalue weighted by Crippen LogP contribution is 2.31. The Morgan fingerprint density at radius 2 is 1.93 bits per heavy atom. The largest absolute Gasteiger partial charge is 0.477 e. The molecular weight excluding hydrogens is 398 g/mol. The monoisotopic (exact) mass is 429 g/mol. The number of thiophene rings is 1. The minimum absolute atomic E-state index is 0.153. The Balaban J connectivity index is 1.56. The number of carbonyl (C=O) groups is 2. The molecule has 6 heteroatoms. The number of carbonyl (C=O) groups excluding carboxylic acids is 1. The fourth-order valence-electron chi connectivity index (χ4n) is 4.12. The van der Waals surface area contributed by atoms with Crippen molar-refractivity contribution >= 4 is 28.9 Å². The zero-order valence-electron chi connectivity index (χ0n) is 17.5. The van der Waals surface area contributed by atoms with Gasteiger partial charge >= 0.3 is 5.97 Å². The van der Waals surface area contributed by atoms with Crippen LogP contribution in [-0.2, 0) is 11.2 Å². The fraction of sp³-hybridized carbons (Fsp3) is 0.500. The predicted molar refractivity (Wildman–Crippen MR) is 120 cm³/mol. The van der Waals surface area contributed by atoms with Gasteiger partial charge in [-0.25, -0.2) is 4.79 Å². The van der Waals surface area contributed by atoms with Crippen LogP contribution in [0.25, 0.3) is 0 Å². The Morgan fingerprint density at radius 3 is 2.60 bits per heavy atom. The molecule has 5 nitrogen and oxygen atoms in total. The zero-order valence-corrected chi connectivity index (χ0v) is 18.4. The molecule has 1 unspecified atom stereocenters. The van der Waals surface area contributed by atoms with Crippen LogP contribution in [-0.4, -0.2) is 28.1 Å². The highest BCUT2D eigenvalue weighted by molar-refractivity contribution is 7.13. The topological polar surface area (TPSA) is 77.8 Å². The van der Waals surface area contributed by atoms with Crippen LogP contribution in [0.1, 0.15) is 84.5 Å². The van der Waals surface area contributed by atoms with E-state index in [9.17, 15) is 14.7 Å². The third-order valence-electron chi connectivity index (χ3n) is 5.80. The number of unbranched alkanes of at least 4 members (excludes halogenated alkanes) is 2. The van der Waals surface area contributed by atoms with E-state index in [2.05, 4.69) is 6.92 Å². The van der Waals surface area contributed by atoms with E-state index >= 15 is 0 Å². The maximum absolute atomic E-state index is 12.5. The molecule has 0 aliphatic carbocycles. The summed E-state index contributed by atoms with van der Waals surface area (Å²) in [5.41, 5.74) is 1.81. The van der Waals surface area contributed by atoms with Gasteiger partial charge in [0.25, 0.3) is 0 Å². The van der Waals surface area contributed by atoms with E-state index in [-0.39, 0.29) is 11.9 Å². The van der Waals surface area contributed by atoms with Crippen molar-refractivity contribution in [1.29, 1.82) is 0 Å². The van der Waals surface area contributed by atoms with Crippen LogP contribution in [0.15, 0.2) is 36.4 Å². The maximum atomic E-state index is 12.5. The summed E-state index contributed by atoms with van der Waals surface area (Å²) in [6.07, 6.45) is 7.67. The Hall–Kier alpha value is -2.18. The Morgan fingerprint density at radius 1 is 1.17 bits per heavy atom. The first-order valence-corrected chi connectivity index (χ1v) is 11.7. The smallest absolute Gasteiger partial charge is 0.345 e. The molecule has 0 spiro atoms. The maximum Gasteiger partial charge on any atom is 0.345 e. The number of aryl methyl sites for hydroxylation is 1. The van der Waals surface area contributed by atoms with Crippen LogP contribution in [0.2, 0.25) is 0 Å². The molecular formula is C24H31NO4S. The van der Waals surface area contributed by atoms with Gasteiger partial charge in [-0.05, 0) is 61.9 Å². The van der Waals surface area contributed by atoms with E-state index in [1.54, 1.807) is 6.07 Å². The summed E-state index contributed by atoms with van der Waals surface area (Å²) in [6, 6.07) is 11.5. The van der Waals surface area contributed by atoms with Gasteiger partial charge in [0.05, 0.1) is 6.10 Å². The summed E-state index contributed by atoms with van der Waals surface area (Å²) in [4.78, 5) is 26.9. The van der Waals surface area contributed by atoms with E-state index in [4.69, 9.17) is 5.11 Å². The van der Waals surface area contributed by atoms with Crippen molar-refractivity contribution < 1.29 is 19.8 Å². The molecule has 1 aromatic heterocycles. The van der Waals surface area contributed by atoms with Crippen molar-refractivity contribution in [3.8, 4) is 0 Å². The Bertz CT molecular complexity index is 845. The van der Waals surface area contributed by atoms with Crippen molar-refractivity contribution in [1.82, 2.24) is 0 Å². The number of aliphatic hydroxyl groups excluding tert-OH is 1. The molecule has 1 amide bonds. The molecule has 3 rings (SSSR count). The molecule has 1 aromatic carbocycles. The summed E-state index contributed by atoms with van der Waals surface area (Å²) < 4.78 is 0. The van der Waals surface area contributed by atoms with E-state index < -0.39 is 12.1 Å². The molecule has 162 valence electrons. The first kappa shape index (κ1) is 22.5. The number of aliphatic hydroxyl groups is 1. The lowest BCUT2D eigenvalue weighted by Gasteiger charge is -2.25. The number of anilines is 1. The van der Waals surface area contributed by atoms with E-state index in [1.807, 2.05) is 35.2 Å². The van der Waals surface area contributed by atoms with Crippen LogP contribution in [0.4, 0.5) is 5.69 Å². The Kier molecular flexibility index (Phi) is 8.05. The quantitative estimate of drug-likeness (QED) is 0.457. The van der Waals surface area contributed by atoms with Gasteiger partial charge in [-0.3, -0.25) is 4.79 Å². The molecule has 1 aliphatic rings. The standard InChI is InChI=1S/C24H31NO4S/c1-2-3-4-8-21(26)17-9-11-19(12-10-17)25-18(13-16-23(25)27)6-5-7-20-14-15-22(30-20)24(28)29/h9-12,14-15,18,21,26H,2-8,13,16H2,1H3,(H,28,29)/t18-,21?/m1/s1. The molecule has 2 N–H and O–H groups in total. The first-order valence-electron chi connectivity index (χ1n) is 10.9. The average Bonchev–Trinajstić information content (AvgIpc) is 3.35. The van der Waals surface area contributed by atoms with Crippen LogP contribution in [0.3, 0.4) is 0 Å². The first-order chi connectivity index (χ1) is 14.5. The number of carboxylic acids is 1. The fourth-order valence-corrected chi connectivity index (χ4v) is 5.01. The molecule has 30 heavy (non-hydrogen) atoms. The lowest BCUT2D eigenvalue weighted by molar-refractivity contribution is -0.117. The predicted octanol–water partition coefficient (Wildman–Crippen LogP) is 5.58. The molecule has 2 heterocycles. The van der Waals surface area contributed by atoms with Gasteiger partial charge in [-0.1, -0.05) is 38.3 Å². The van der Waals surface area contributed by atoms with Crippen LogP contribution < -0.4 is 4.90 Å². The van der Waals surface area contributed by atoms with Crippen LogP contribution >= 0.6 is 11.3 Å². The van der Waals surface area contributed by atoms with Crippen molar-refractivity contribution in [2.24, 2.45) is 0 Å². The molecule has 1 saturated heterocycles. The molecule has 0 saturated carbocycles. The summed E-state index contributed by atoms with van der Waals surface area (Å²) >= 11 is 1.33. The van der Waals surface area contributed by atoms with Crippen molar-refractivity contribution in [3.05, 3.63) is 51.7 Å². The lowest BCUT2D eigenvalue weighted by Crippen LogP contribution is -2.32. The minimum atomic E-state index is -0.877. The number of amides is 1. The number of nitrogens with zero attached hydrogens (tertiary/aromatic N) is 1. The SMILES string of the molecule is CCCCCC(O)c1ccc(N2C(=O)CC[C@H]2CCCc2ccc(C(=O)O)s2)cc1. The second-order valence-electron chi connectivity index (χ2n) is 8.02. The second kappa shape index (κ2) is 10.7. The van der Waals surface area contributed by atoms with Crippen LogP contribution in [0, 0.1) is 0 Å². The van der Waals surface area contributed by atoms with Gasteiger partial charge in [-0.2, -0.15) is 0 Å². The van der Waals surface area contributed by atoms with E-state index in [0.29, 0.717) is 11.3 Å². The van der Waals surface area contributed by atoms with Gasteiger partial charge in [0, 0.05) is 23.0 Å². The van der Waals surface area contributed by atoms with Crippen molar-refractivity contribution in [2.45, 2.75) is 76.9 Å². The number of aromatic carboxylic acids is 1. The third-order valence-corrected chi connectivity index (χ3v) is 6.93. The zero-order chi connectivity index (χ0) is 21.5. The molecule has 1 fully saturated rings. The summed E-state index contributed by atoms with van der Waals surface area (Å²) in [6.45, 7) is 2.15. The number of carboxylic acid groups (broad SMARTS) is 1. The average molecular weight is 430 g/mol. The van der Waals surface area contributed by atoms with Gasteiger partial charge < -0.3 is 15.1 Å². The van der Waals surface area contributed by atoms with E-state index in [1.165, 1.54) is 11.3 Å². The van der Waals surface area contributed by atoms with Crippen molar-refractivity contribution in [3.63, 3.8) is 0 Å². The molecule has 0 bridgehead atoms. The van der Waals surface area contributed by atoms with Gasteiger partial charge in [-0.15, -0.1) is 11.3 Å². The van der Waals surface area contributed by atoms with Crippen LogP contribution in [0.5, 0.6) is 0 Å². The molecule has 1 aliphatic heterocycles. The molecule has 2 atom stereocenters. The van der Waals surface area contributed by atoms with Gasteiger partial charge in [0.2, 0.25) is 5.91 Å². The van der Waals surface area contributed by atoms with Gasteiger partial charge in [0.15, 0.2) is 0 Å². The lowest BCUT2D eigenvalue weighted by atomic mass is 10.0. The van der Waals surface area contributed by atoms with Crippen molar-refractivity contribution in [2.75, 3.05) is 4.90 Å². The summed E-state index contributed by atoms with van der Waals surface area (Å²) in [5, 5.41) is 19.4. The number of benzene rings is 1. The number of hydrogen-bond acceptors (Lipinski definition) is 4. The second-order valence-corrected chi connectivity index (χ2v) is 9.19. The summed E-state index contributed by atoms with van der Waals surface area (Å²) in [7, 11) is 0. The summed E-state index contributed by atoms with van der Waals surface area (Å²) in [5.74, 6) is -0.724. The van der Waals surface area contributed by atoms with E-state index in [0.717, 1.165) is 67.5 Å². The number of rotatable bonds is 11. The molecule has 0 radical (unpaired) electrons. The molecule has 2 aromatic rings. The highest BCUT2D eigenvalue weighted by Gasteiger charge is 2.31. The number of hydrogen-bond donors (Lipinski definition) is 2. The third kappa shape index (κ3) is 5.70. The minimum Gasteiger partial charge on any atom is -0.477 e. The normalized spacial score (nSPS) is 17.5. The Labute approximate surface area is 182 Å². The highest BCUT2D eigenvalue weighted by atomic mass is 32.1. The van der Waals surface area contributed by atoms with Gasteiger partial charge in [0.1, 0.15) is 4.88 Å².